The van der Waals surface area contributed by atoms with E-state index < -0.39 is 11.9 Å². The molecule has 0 spiro atoms. The Balaban J connectivity index is 0.00000105. The van der Waals surface area contributed by atoms with Gasteiger partial charge in [-0.2, -0.15) is 0 Å². The number of nitrogens with one attached hydrogen (secondary N) is 2. The number of anilines is 1. The molecule has 0 radical (unpaired) electrons. The average molecular weight is 427 g/mol. The quantitative estimate of drug-likeness (QED) is 0.470. The van der Waals surface area contributed by atoms with Gasteiger partial charge >= 0.3 is 0 Å². The third-order valence-corrected chi connectivity index (χ3v) is 3.57. The number of carbonyl (C=O) groups is 1. The molecule has 2 heterocycles. The molecular weight excluding hydrogens is 388 g/mol. The van der Waals surface area contributed by atoms with Crippen LogP contribution in [-0.4, -0.2) is 68.2 Å². The van der Waals surface area contributed by atoms with Crippen LogP contribution in [0.3, 0.4) is 0 Å². The van der Waals surface area contributed by atoms with Gasteiger partial charge < -0.3 is 30.2 Å². The van der Waals surface area contributed by atoms with Crippen LogP contribution in [0.25, 0.3) is 11.2 Å². The first-order chi connectivity index (χ1) is 14.1. The van der Waals surface area contributed by atoms with Crippen molar-refractivity contribution in [3.8, 4) is 0 Å². The Morgan fingerprint density at radius 1 is 1.30 bits per heavy atom. The van der Waals surface area contributed by atoms with Crippen LogP contribution >= 0.6 is 0 Å². The smallest absolute Gasteiger partial charge is 0.248 e. The molecule has 0 aliphatic heterocycles. The van der Waals surface area contributed by atoms with Crippen molar-refractivity contribution in [2.45, 2.75) is 72.8 Å². The van der Waals surface area contributed by atoms with Crippen molar-refractivity contribution < 1.29 is 19.7 Å². The Kier molecular flexibility index (Phi) is 12.8. The molecule has 0 bridgehead atoms. The van der Waals surface area contributed by atoms with Crippen LogP contribution in [0.4, 0.5) is 5.82 Å². The largest absolute Gasteiger partial charge is 0.372 e. The molecule has 0 aliphatic rings. The van der Waals surface area contributed by atoms with Crippen LogP contribution in [0.2, 0.25) is 0 Å². The number of hydrogen-bond acceptors (Lipinski definition) is 8. The van der Waals surface area contributed by atoms with E-state index in [0.717, 1.165) is 29.9 Å². The Morgan fingerprint density at radius 2 is 1.90 bits per heavy atom. The standard InChI is InChI=1S/C15H24N6O2.C3H8O2.C2H6/c1-5-7-17-13-12-14(20-10(2)19-13)21(9-18-12)8-6-11(23-4)15(22)16-3;1-3(2,4)5;1-2/h9,11H,5-8H2,1-4H3,(H,16,22)(H,17,19,20);4-5H,1-2H3;1-2H3. The van der Waals surface area contributed by atoms with Crippen molar-refractivity contribution >= 4 is 22.9 Å². The van der Waals surface area contributed by atoms with Crippen LogP contribution < -0.4 is 10.6 Å². The van der Waals surface area contributed by atoms with E-state index in [2.05, 4.69) is 32.5 Å². The number of nitrogens with zero attached hydrogens (tertiary/aromatic N) is 4. The zero-order valence-corrected chi connectivity index (χ0v) is 19.5. The van der Waals surface area contributed by atoms with Crippen LogP contribution in [-0.2, 0) is 16.1 Å². The lowest BCUT2D eigenvalue weighted by atomic mass is 10.2. The summed E-state index contributed by atoms with van der Waals surface area (Å²) in [6, 6.07) is 0. The predicted octanol–water partition coefficient (Wildman–Crippen LogP) is 1.84. The zero-order valence-electron chi connectivity index (χ0n) is 19.5. The van der Waals surface area contributed by atoms with Crippen molar-refractivity contribution in [3.63, 3.8) is 0 Å². The highest BCUT2D eigenvalue weighted by Gasteiger charge is 2.17. The van der Waals surface area contributed by atoms with Gasteiger partial charge in [-0.05, 0) is 27.2 Å². The number of aryl methyl sites for hydroxylation is 2. The van der Waals surface area contributed by atoms with Crippen LogP contribution in [0.1, 0.15) is 53.3 Å². The van der Waals surface area contributed by atoms with Gasteiger partial charge in [0.2, 0.25) is 5.91 Å². The zero-order chi connectivity index (χ0) is 23.3. The monoisotopic (exact) mass is 426 g/mol. The van der Waals surface area contributed by atoms with Gasteiger partial charge in [0.1, 0.15) is 17.4 Å². The maximum atomic E-state index is 11.7. The second-order valence-electron chi connectivity index (χ2n) is 6.78. The molecule has 0 aliphatic carbocycles. The Morgan fingerprint density at radius 3 is 2.40 bits per heavy atom. The first kappa shape index (κ1) is 27.7. The molecule has 30 heavy (non-hydrogen) atoms. The average Bonchev–Trinajstić information content (AvgIpc) is 3.09. The SMILES string of the molecule is CC.CC(C)(O)O.CCCNc1nc(C)nc2c1ncn2CCC(OC)C(=O)NC. The second kappa shape index (κ2) is 13.8. The van der Waals surface area contributed by atoms with Crippen molar-refractivity contribution in [1.82, 2.24) is 24.8 Å². The van der Waals surface area contributed by atoms with E-state index in [-0.39, 0.29) is 5.91 Å². The van der Waals surface area contributed by atoms with Gasteiger partial charge in [0.05, 0.1) is 6.33 Å². The van der Waals surface area contributed by atoms with E-state index in [4.69, 9.17) is 14.9 Å². The summed E-state index contributed by atoms with van der Waals surface area (Å²) in [6.07, 6.45) is 2.79. The molecule has 172 valence electrons. The van der Waals surface area contributed by atoms with Crippen molar-refractivity contribution in [2.24, 2.45) is 0 Å². The molecule has 10 heteroatoms. The first-order valence-electron chi connectivity index (χ1n) is 10.2. The fourth-order valence-corrected chi connectivity index (χ4v) is 2.36. The third-order valence-electron chi connectivity index (χ3n) is 3.57. The summed E-state index contributed by atoms with van der Waals surface area (Å²) in [6.45, 7) is 12.0. The van der Waals surface area contributed by atoms with Crippen molar-refractivity contribution in [2.75, 3.05) is 26.0 Å². The molecule has 10 nitrogen and oxygen atoms in total. The lowest BCUT2D eigenvalue weighted by Gasteiger charge is -2.14. The van der Waals surface area contributed by atoms with E-state index in [9.17, 15) is 4.79 Å². The number of aromatic nitrogens is 4. The number of hydrogen-bond donors (Lipinski definition) is 4. The fourth-order valence-electron chi connectivity index (χ4n) is 2.36. The van der Waals surface area contributed by atoms with Gasteiger partial charge in [-0.25, -0.2) is 15.0 Å². The highest BCUT2D eigenvalue weighted by Crippen LogP contribution is 2.19. The number of fused-ring (bicyclic) bond motifs is 1. The number of amides is 1. The summed E-state index contributed by atoms with van der Waals surface area (Å²) in [5.74, 6) is -0.192. The summed E-state index contributed by atoms with van der Waals surface area (Å²) < 4.78 is 7.15. The van der Waals surface area contributed by atoms with Gasteiger partial charge in [0, 0.05) is 33.7 Å². The predicted molar refractivity (Wildman–Crippen MR) is 118 cm³/mol. The normalized spacial score (nSPS) is 11.7. The molecule has 2 rings (SSSR count). The van der Waals surface area contributed by atoms with Gasteiger partial charge in [0.25, 0.3) is 0 Å². The summed E-state index contributed by atoms with van der Waals surface area (Å²) in [7, 11) is 3.13. The molecule has 2 aromatic heterocycles. The van der Waals surface area contributed by atoms with Gasteiger partial charge in [0.15, 0.2) is 17.3 Å². The number of carbonyl (C=O) groups excluding carboxylic acids is 1. The van der Waals surface area contributed by atoms with E-state index in [1.54, 1.807) is 13.4 Å². The molecule has 1 atom stereocenters. The molecule has 1 amide bonds. The summed E-state index contributed by atoms with van der Waals surface area (Å²) in [5, 5.41) is 22.0. The fraction of sp³-hybridized carbons (Fsp3) is 0.700. The first-order valence-corrected chi connectivity index (χ1v) is 10.2. The number of imidazole rings is 1. The molecule has 2 aromatic rings. The van der Waals surface area contributed by atoms with E-state index >= 15 is 0 Å². The van der Waals surface area contributed by atoms with Crippen LogP contribution in [0.15, 0.2) is 6.33 Å². The van der Waals surface area contributed by atoms with Crippen LogP contribution in [0, 0.1) is 6.92 Å². The molecule has 1 unspecified atom stereocenters. The second-order valence-corrected chi connectivity index (χ2v) is 6.78. The minimum absolute atomic E-state index is 0.131. The highest BCUT2D eigenvalue weighted by molar-refractivity contribution is 5.83. The summed E-state index contributed by atoms with van der Waals surface area (Å²) >= 11 is 0. The Bertz CT molecular complexity index is 752. The molecule has 0 aromatic carbocycles. The van der Waals surface area contributed by atoms with Crippen molar-refractivity contribution in [1.29, 1.82) is 0 Å². The van der Waals surface area contributed by atoms with Gasteiger partial charge in [-0.15, -0.1) is 0 Å². The topological polar surface area (TPSA) is 134 Å². The lowest BCUT2D eigenvalue weighted by molar-refractivity contribution is -0.131. The minimum atomic E-state index is -1.50. The highest BCUT2D eigenvalue weighted by atomic mass is 16.5. The molecule has 0 saturated carbocycles. The molecule has 0 saturated heterocycles. The third kappa shape index (κ3) is 9.95. The minimum Gasteiger partial charge on any atom is -0.372 e. The Hall–Kier alpha value is -2.30. The van der Waals surface area contributed by atoms with Crippen LogP contribution in [0.5, 0.6) is 0 Å². The van der Waals surface area contributed by atoms with E-state index in [1.165, 1.54) is 21.0 Å². The number of rotatable bonds is 8. The number of aliphatic hydroxyl groups is 2. The maximum Gasteiger partial charge on any atom is 0.248 e. The molecule has 0 fully saturated rings. The summed E-state index contributed by atoms with van der Waals surface area (Å²) in [4.78, 5) is 25.0. The van der Waals surface area contributed by atoms with Gasteiger partial charge in [-0.1, -0.05) is 20.8 Å². The number of ether oxygens (including phenoxy) is 1. The van der Waals surface area contributed by atoms with E-state index in [1.807, 2.05) is 25.3 Å². The van der Waals surface area contributed by atoms with E-state index in [0.29, 0.717) is 18.8 Å². The van der Waals surface area contributed by atoms with Gasteiger partial charge in [-0.3, -0.25) is 4.79 Å². The summed E-state index contributed by atoms with van der Waals surface area (Å²) in [5.41, 5.74) is 1.51. The maximum absolute atomic E-state index is 11.7. The van der Waals surface area contributed by atoms with Crippen molar-refractivity contribution in [3.05, 3.63) is 12.2 Å². The Labute approximate surface area is 179 Å². The number of methoxy groups -OCH3 is 1. The molecular formula is C20H38N6O4. The molecule has 4 N–H and O–H groups in total. The lowest BCUT2D eigenvalue weighted by Crippen LogP contribution is -2.34. The number of likely N-dealkylation sites (N-methyl/N-ethyl adjacent to an activating group) is 1.